The highest BCUT2D eigenvalue weighted by Crippen LogP contribution is 2.64. The average Bonchev–Trinajstić information content (AvgIpc) is 3.36. The van der Waals surface area contributed by atoms with Crippen molar-refractivity contribution in [1.82, 2.24) is 4.90 Å². The molecule has 8 nitrogen and oxygen atoms in total. The van der Waals surface area contributed by atoms with E-state index in [0.717, 1.165) is 5.39 Å². The Balaban J connectivity index is 1.44. The second-order valence-corrected chi connectivity index (χ2v) is 12.9. The Kier molecular flexibility index (Phi) is 6.41. The largest absolute Gasteiger partial charge is 0.507 e. The Hall–Kier alpha value is -5.63. The Bertz CT molecular complexity index is 2100. The van der Waals surface area contributed by atoms with Crippen LogP contribution in [0, 0.1) is 23.7 Å². The zero-order valence-electron chi connectivity index (χ0n) is 25.2. The molecule has 4 amide bonds. The molecule has 4 aromatic carbocycles. The summed E-state index contributed by atoms with van der Waals surface area (Å²) in [5.41, 5.74) is 6.69. The number of benzene rings is 4. The summed E-state index contributed by atoms with van der Waals surface area (Å²) in [6.45, 7) is 0. The maximum atomic E-state index is 15.1. The highest BCUT2D eigenvalue weighted by Gasteiger charge is 2.66. The van der Waals surface area contributed by atoms with Crippen LogP contribution >= 0.6 is 0 Å². The number of rotatable bonds is 3. The summed E-state index contributed by atoms with van der Waals surface area (Å²) in [4.78, 5) is 70.0. The lowest BCUT2D eigenvalue weighted by molar-refractivity contribution is -0.137. The quantitative estimate of drug-likeness (QED) is 0.231. The lowest BCUT2D eigenvalue weighted by atomic mass is 9.44. The number of hydrogen-bond donors (Lipinski definition) is 2. The van der Waals surface area contributed by atoms with E-state index in [1.807, 2.05) is 66.7 Å². The van der Waals surface area contributed by atoms with Gasteiger partial charge in [0, 0.05) is 28.4 Å². The van der Waals surface area contributed by atoms with Crippen molar-refractivity contribution < 1.29 is 29.1 Å². The number of carbonyl (C=O) groups is 5. The van der Waals surface area contributed by atoms with Gasteiger partial charge in [0.1, 0.15) is 5.75 Å². The molecule has 4 aromatic rings. The Morgan fingerprint density at radius 3 is 2.21 bits per heavy atom. The van der Waals surface area contributed by atoms with Gasteiger partial charge in [0.2, 0.25) is 11.8 Å². The number of nitrogens with two attached hydrogens (primary N) is 1. The third-order valence-electron chi connectivity index (χ3n) is 10.8. The number of hydrogen-bond acceptors (Lipinski definition) is 6. The second-order valence-electron chi connectivity index (χ2n) is 12.9. The molecule has 0 aromatic heterocycles. The molecule has 1 aliphatic heterocycles. The number of primary amides is 1. The van der Waals surface area contributed by atoms with Crippen molar-refractivity contribution >= 4 is 45.8 Å². The number of imide groups is 3. The number of ketones is 2. The predicted octanol–water partition coefficient (Wildman–Crippen LogP) is 5.45. The third kappa shape index (κ3) is 3.91. The Morgan fingerprint density at radius 2 is 1.49 bits per heavy atom. The minimum atomic E-state index is -1.47. The van der Waals surface area contributed by atoms with Crippen molar-refractivity contribution in [2.75, 3.05) is 0 Å². The van der Waals surface area contributed by atoms with Gasteiger partial charge in [-0.3, -0.25) is 19.2 Å². The predicted molar refractivity (Wildman–Crippen MR) is 174 cm³/mol. The lowest BCUT2D eigenvalue weighted by Gasteiger charge is -2.55. The van der Waals surface area contributed by atoms with Gasteiger partial charge in [-0.2, -0.15) is 4.90 Å². The Morgan fingerprint density at radius 1 is 0.809 bits per heavy atom. The van der Waals surface area contributed by atoms with Gasteiger partial charge in [0.15, 0.2) is 11.6 Å². The second kappa shape index (κ2) is 10.5. The van der Waals surface area contributed by atoms with Crippen LogP contribution < -0.4 is 5.73 Å². The van der Waals surface area contributed by atoms with Crippen LogP contribution in [0.4, 0.5) is 4.79 Å². The number of nitrogens with zero attached hydrogens (tertiary/aromatic N) is 1. The maximum Gasteiger partial charge on any atom is 0.328 e. The van der Waals surface area contributed by atoms with Gasteiger partial charge in [-0.25, -0.2) is 4.79 Å². The SMILES string of the molecule is NC(=O)N1C(=O)[C@H]2[C@H](CC=C3[C@H]2C[C@H]2C(=O)C(c4ccccc4)=CC(=O)[C@@]2(c2ccccc2)[C@H]3c2ccc3ccccc3c2O)C1=O. The number of carbonyl (C=O) groups excluding carboxylic acids is 5. The molecule has 0 bridgehead atoms. The molecule has 1 saturated heterocycles. The fourth-order valence-electron chi connectivity index (χ4n) is 8.94. The number of allylic oxidation sites excluding steroid dienone is 4. The van der Waals surface area contributed by atoms with Crippen LogP contribution in [0.3, 0.4) is 0 Å². The van der Waals surface area contributed by atoms with Crippen molar-refractivity contribution in [1.29, 1.82) is 0 Å². The smallest absolute Gasteiger partial charge is 0.328 e. The number of Topliss-reactive ketones (excluding diaryl/α,β-unsaturated/α-hetero) is 1. The first-order valence-electron chi connectivity index (χ1n) is 15.7. The number of aromatic hydroxyl groups is 1. The molecular formula is C39H30N2O6. The van der Waals surface area contributed by atoms with Gasteiger partial charge in [-0.15, -0.1) is 0 Å². The first-order valence-corrected chi connectivity index (χ1v) is 15.7. The molecule has 0 spiro atoms. The number of phenolic OH excluding ortho intramolecular Hbond substituents is 1. The van der Waals surface area contributed by atoms with Crippen LogP contribution in [0.5, 0.6) is 5.75 Å². The molecule has 0 unspecified atom stereocenters. The molecule has 8 heteroatoms. The summed E-state index contributed by atoms with van der Waals surface area (Å²) in [6, 6.07) is 28.1. The number of amides is 4. The fourth-order valence-corrected chi connectivity index (χ4v) is 8.94. The highest BCUT2D eigenvalue weighted by molar-refractivity contribution is 6.32. The summed E-state index contributed by atoms with van der Waals surface area (Å²) in [6.07, 6.45) is 3.57. The minimum Gasteiger partial charge on any atom is -0.507 e. The summed E-state index contributed by atoms with van der Waals surface area (Å²) in [5.74, 6) is -6.15. The monoisotopic (exact) mass is 622 g/mol. The number of likely N-dealkylation sites (tertiary alicyclic amines) is 1. The van der Waals surface area contributed by atoms with E-state index in [1.165, 1.54) is 6.08 Å². The molecule has 232 valence electrons. The zero-order valence-corrected chi connectivity index (χ0v) is 25.2. The van der Waals surface area contributed by atoms with Crippen molar-refractivity contribution in [3.63, 3.8) is 0 Å². The number of urea groups is 1. The van der Waals surface area contributed by atoms with Crippen molar-refractivity contribution in [2.24, 2.45) is 29.4 Å². The van der Waals surface area contributed by atoms with Crippen LogP contribution in [0.25, 0.3) is 16.3 Å². The van der Waals surface area contributed by atoms with Gasteiger partial charge < -0.3 is 10.8 Å². The standard InChI is InChI=1S/C39H30N2O6/c40-38(47)41-36(45)26-18-17-25-29(32(26)37(41)46)19-30-35(44)28(21-9-3-1-4-10-21)20-31(42)39(30,23-12-5-2-6-13-23)33(25)27-16-15-22-11-7-8-14-24(22)34(27)43/h1-17,20,26,29-30,32-33,43H,18-19H2,(H2,40,47)/t26-,29+,30-,32-,33+,39-/m0/s1. The first-order chi connectivity index (χ1) is 22.7. The van der Waals surface area contributed by atoms with E-state index in [9.17, 15) is 24.3 Å². The third-order valence-corrected chi connectivity index (χ3v) is 10.8. The van der Waals surface area contributed by atoms with E-state index in [0.29, 0.717) is 32.5 Å². The maximum absolute atomic E-state index is 15.1. The van der Waals surface area contributed by atoms with Crippen LogP contribution in [-0.2, 0) is 24.6 Å². The summed E-state index contributed by atoms with van der Waals surface area (Å²) in [5, 5.41) is 13.4. The Labute approximate surface area is 270 Å². The van der Waals surface area contributed by atoms with Crippen LogP contribution in [0.2, 0.25) is 0 Å². The molecule has 1 saturated carbocycles. The normalized spacial score (nSPS) is 28.3. The van der Waals surface area contributed by atoms with Crippen LogP contribution in [-0.4, -0.2) is 39.4 Å². The molecule has 0 radical (unpaired) electrons. The molecule has 47 heavy (non-hydrogen) atoms. The molecular weight excluding hydrogens is 592 g/mol. The van der Waals surface area contributed by atoms with E-state index in [-0.39, 0.29) is 35.7 Å². The van der Waals surface area contributed by atoms with Gasteiger partial charge in [-0.05, 0) is 41.3 Å². The molecule has 8 rings (SSSR count). The summed E-state index contributed by atoms with van der Waals surface area (Å²) < 4.78 is 0. The van der Waals surface area contributed by atoms with Gasteiger partial charge >= 0.3 is 6.03 Å². The van der Waals surface area contributed by atoms with E-state index >= 15 is 4.79 Å². The molecule has 2 fully saturated rings. The molecule has 4 aliphatic rings. The summed E-state index contributed by atoms with van der Waals surface area (Å²) >= 11 is 0. The topological polar surface area (TPSA) is 135 Å². The van der Waals surface area contributed by atoms with Crippen molar-refractivity contribution in [3.8, 4) is 5.75 Å². The number of phenols is 1. The van der Waals surface area contributed by atoms with Gasteiger partial charge in [0.05, 0.1) is 17.3 Å². The molecule has 6 atom stereocenters. The molecule has 1 heterocycles. The lowest BCUT2D eigenvalue weighted by Crippen LogP contribution is -2.58. The first kappa shape index (κ1) is 28.8. The molecule has 3 aliphatic carbocycles. The van der Waals surface area contributed by atoms with E-state index in [2.05, 4.69) is 0 Å². The van der Waals surface area contributed by atoms with Crippen LogP contribution in [0.1, 0.15) is 35.4 Å². The average molecular weight is 623 g/mol. The zero-order chi connectivity index (χ0) is 32.6. The van der Waals surface area contributed by atoms with E-state index < -0.39 is 52.8 Å². The van der Waals surface area contributed by atoms with Gasteiger partial charge in [0.25, 0.3) is 0 Å². The van der Waals surface area contributed by atoms with Crippen LogP contribution in [0.15, 0.2) is 115 Å². The van der Waals surface area contributed by atoms with Crippen molar-refractivity contribution in [3.05, 3.63) is 131 Å². The number of fused-ring (bicyclic) bond motifs is 5. The summed E-state index contributed by atoms with van der Waals surface area (Å²) in [7, 11) is 0. The van der Waals surface area contributed by atoms with Gasteiger partial charge in [-0.1, -0.05) is 109 Å². The van der Waals surface area contributed by atoms with Crippen molar-refractivity contribution in [2.45, 2.75) is 24.2 Å². The van der Waals surface area contributed by atoms with E-state index in [4.69, 9.17) is 5.73 Å². The minimum absolute atomic E-state index is 0.0171. The molecule has 3 N–H and O–H groups in total. The van der Waals surface area contributed by atoms with E-state index in [1.54, 1.807) is 36.4 Å². The fraction of sp³-hybridized carbons (Fsp3) is 0.205. The highest BCUT2D eigenvalue weighted by atomic mass is 16.3.